The van der Waals surface area contributed by atoms with Gasteiger partial charge in [0.2, 0.25) is 0 Å². The van der Waals surface area contributed by atoms with Crippen LogP contribution in [0.1, 0.15) is 27.8 Å². The van der Waals surface area contributed by atoms with Crippen molar-refractivity contribution in [2.75, 3.05) is 0 Å². The molecule has 3 heteroatoms. The molecule has 0 saturated carbocycles. The number of benzene rings is 7. The zero-order valence-corrected chi connectivity index (χ0v) is 26.6. The number of aromatic nitrogens is 2. The summed E-state index contributed by atoms with van der Waals surface area (Å²) in [4.78, 5) is 2.64. The minimum Gasteiger partial charge on any atom is -0.309 e. The maximum absolute atomic E-state index is 2.53. The van der Waals surface area contributed by atoms with Gasteiger partial charge in [0, 0.05) is 37.0 Å². The molecule has 0 N–H and O–H groups in total. The molecule has 220 valence electrons. The molecule has 9 aromatic rings. The third-order valence-electron chi connectivity index (χ3n) is 10.6. The summed E-state index contributed by atoms with van der Waals surface area (Å²) in [5.41, 5.74) is 13.6. The van der Waals surface area contributed by atoms with Gasteiger partial charge in [0.1, 0.15) is 0 Å². The van der Waals surface area contributed by atoms with Crippen LogP contribution in [-0.2, 0) is 5.41 Å². The normalized spacial score (nSPS) is 16.2. The molecule has 0 radical (unpaired) electrons. The van der Waals surface area contributed by atoms with Crippen LogP contribution >= 0.6 is 11.8 Å². The Morgan fingerprint density at radius 3 is 1.91 bits per heavy atom. The topological polar surface area (TPSA) is 9.86 Å². The van der Waals surface area contributed by atoms with Crippen LogP contribution < -0.4 is 0 Å². The first-order chi connectivity index (χ1) is 23.2. The number of fused-ring (bicyclic) bond motifs is 14. The largest absolute Gasteiger partial charge is 0.309 e. The number of aryl methyl sites for hydroxylation is 1. The Bertz CT molecular complexity index is 2780. The van der Waals surface area contributed by atoms with Gasteiger partial charge in [-0.2, -0.15) is 0 Å². The second-order valence-electron chi connectivity index (χ2n) is 13.0. The molecule has 2 nitrogen and oxygen atoms in total. The molecule has 2 aliphatic heterocycles. The van der Waals surface area contributed by atoms with Crippen LogP contribution in [0.5, 0.6) is 0 Å². The summed E-state index contributed by atoms with van der Waals surface area (Å²) in [6, 6.07) is 56.9. The standard InChI is InChI=1S/C44H28N2S/c1-27-21-23-28(24-22-27)45-37-17-6-3-12-30(37)32-25-42-36(26-40(32)45)44(34-15-5-9-20-41(34)47-42)33-14-4-8-19-39(33)46-38-18-7-2-11-29(38)31-13-10-16-35(44)43(31)46/h2-26H,1H3. The fourth-order valence-electron chi connectivity index (χ4n) is 8.76. The van der Waals surface area contributed by atoms with Crippen molar-refractivity contribution in [3.05, 3.63) is 179 Å². The molecule has 0 aliphatic carbocycles. The van der Waals surface area contributed by atoms with E-state index in [0.29, 0.717) is 0 Å². The van der Waals surface area contributed by atoms with Gasteiger partial charge in [-0.1, -0.05) is 120 Å². The highest BCUT2D eigenvalue weighted by Crippen LogP contribution is 2.61. The van der Waals surface area contributed by atoms with Gasteiger partial charge < -0.3 is 9.13 Å². The second-order valence-corrected chi connectivity index (χ2v) is 14.1. The van der Waals surface area contributed by atoms with Gasteiger partial charge in [-0.25, -0.2) is 0 Å². The lowest BCUT2D eigenvalue weighted by Crippen LogP contribution is -2.37. The number of hydrogen-bond donors (Lipinski definition) is 0. The lowest BCUT2D eigenvalue weighted by molar-refractivity contribution is 0.690. The van der Waals surface area contributed by atoms with E-state index in [1.165, 1.54) is 92.6 Å². The van der Waals surface area contributed by atoms with E-state index < -0.39 is 5.41 Å². The molecular formula is C44H28N2S. The molecule has 47 heavy (non-hydrogen) atoms. The van der Waals surface area contributed by atoms with E-state index in [2.05, 4.69) is 168 Å². The molecule has 0 saturated heterocycles. The van der Waals surface area contributed by atoms with Gasteiger partial charge >= 0.3 is 0 Å². The lowest BCUT2D eigenvalue weighted by atomic mass is 9.62. The quantitative estimate of drug-likeness (QED) is 0.178. The third kappa shape index (κ3) is 3.13. The summed E-state index contributed by atoms with van der Waals surface area (Å²) in [7, 11) is 0. The van der Waals surface area contributed by atoms with Gasteiger partial charge in [-0.15, -0.1) is 0 Å². The Balaban J connectivity index is 1.37. The minimum absolute atomic E-state index is 0.500. The van der Waals surface area contributed by atoms with Crippen molar-refractivity contribution in [1.82, 2.24) is 9.13 Å². The van der Waals surface area contributed by atoms with Crippen molar-refractivity contribution in [3.63, 3.8) is 0 Å². The number of nitrogens with zero attached hydrogens (tertiary/aromatic N) is 2. The Morgan fingerprint density at radius 1 is 0.447 bits per heavy atom. The van der Waals surface area contributed by atoms with Crippen LogP contribution in [0.25, 0.3) is 55.0 Å². The molecule has 1 unspecified atom stereocenters. The molecule has 2 aliphatic rings. The van der Waals surface area contributed by atoms with E-state index >= 15 is 0 Å². The fraction of sp³-hybridized carbons (Fsp3) is 0.0455. The summed E-state index contributed by atoms with van der Waals surface area (Å²) in [5, 5.41) is 5.17. The average Bonchev–Trinajstić information content (AvgIpc) is 3.63. The highest BCUT2D eigenvalue weighted by molar-refractivity contribution is 7.99. The van der Waals surface area contributed by atoms with Crippen molar-refractivity contribution in [3.8, 4) is 11.4 Å². The minimum atomic E-state index is -0.500. The fourth-order valence-corrected chi connectivity index (χ4v) is 9.97. The SMILES string of the molecule is Cc1ccc(-n2c3ccccc3c3cc4c(cc32)C2(c3ccccc3S4)c3ccccc3-n3c4ccccc4c4cccc2c43)cc1. The van der Waals surface area contributed by atoms with Crippen molar-refractivity contribution < 1.29 is 0 Å². The molecule has 11 rings (SSSR count). The maximum atomic E-state index is 2.53. The van der Waals surface area contributed by atoms with Crippen LogP contribution in [0.2, 0.25) is 0 Å². The first-order valence-electron chi connectivity index (χ1n) is 16.3. The van der Waals surface area contributed by atoms with E-state index in [0.717, 1.165) is 0 Å². The average molecular weight is 617 g/mol. The number of rotatable bonds is 1. The van der Waals surface area contributed by atoms with E-state index in [1.54, 1.807) is 0 Å². The molecule has 1 spiro atoms. The van der Waals surface area contributed by atoms with Crippen molar-refractivity contribution >= 4 is 55.4 Å². The molecule has 0 fully saturated rings. The van der Waals surface area contributed by atoms with Crippen molar-refractivity contribution in [2.45, 2.75) is 22.1 Å². The first kappa shape index (κ1) is 25.7. The van der Waals surface area contributed by atoms with Crippen molar-refractivity contribution in [1.29, 1.82) is 0 Å². The predicted octanol–water partition coefficient (Wildman–Crippen LogP) is 11.3. The van der Waals surface area contributed by atoms with Gasteiger partial charge in [-0.05, 0) is 77.7 Å². The zero-order chi connectivity index (χ0) is 30.9. The van der Waals surface area contributed by atoms with Crippen LogP contribution in [0, 0.1) is 6.92 Å². The summed E-state index contributed by atoms with van der Waals surface area (Å²) >= 11 is 1.91. The number of hydrogen-bond acceptors (Lipinski definition) is 1. The first-order valence-corrected chi connectivity index (χ1v) is 17.1. The van der Waals surface area contributed by atoms with E-state index in [4.69, 9.17) is 0 Å². The third-order valence-corrected chi connectivity index (χ3v) is 11.8. The predicted molar refractivity (Wildman–Crippen MR) is 196 cm³/mol. The van der Waals surface area contributed by atoms with Crippen LogP contribution in [0.3, 0.4) is 0 Å². The molecule has 0 bridgehead atoms. The molecule has 4 heterocycles. The van der Waals surface area contributed by atoms with E-state index in [9.17, 15) is 0 Å². The van der Waals surface area contributed by atoms with Gasteiger partial charge in [0.15, 0.2) is 0 Å². The highest BCUT2D eigenvalue weighted by atomic mass is 32.2. The molecule has 0 amide bonds. The maximum Gasteiger partial charge on any atom is 0.0765 e. The van der Waals surface area contributed by atoms with E-state index in [1.807, 2.05) is 11.8 Å². The Morgan fingerprint density at radius 2 is 1.09 bits per heavy atom. The molecule has 1 atom stereocenters. The van der Waals surface area contributed by atoms with Crippen LogP contribution in [0.15, 0.2) is 161 Å². The van der Waals surface area contributed by atoms with Gasteiger partial charge in [0.25, 0.3) is 0 Å². The Labute approximate surface area is 276 Å². The monoisotopic (exact) mass is 616 g/mol. The summed E-state index contributed by atoms with van der Waals surface area (Å²) < 4.78 is 4.99. The van der Waals surface area contributed by atoms with Gasteiger partial charge in [-0.3, -0.25) is 0 Å². The summed E-state index contributed by atoms with van der Waals surface area (Å²) in [6.45, 7) is 2.16. The van der Waals surface area contributed by atoms with Crippen LogP contribution in [0.4, 0.5) is 0 Å². The summed E-state index contributed by atoms with van der Waals surface area (Å²) in [5.74, 6) is 0. The summed E-state index contributed by atoms with van der Waals surface area (Å²) in [6.07, 6.45) is 0. The highest BCUT2D eigenvalue weighted by Gasteiger charge is 2.49. The second kappa shape index (κ2) is 9.06. The molecule has 7 aromatic carbocycles. The van der Waals surface area contributed by atoms with Crippen LogP contribution in [-0.4, -0.2) is 9.13 Å². The smallest absolute Gasteiger partial charge is 0.0765 e. The molecule has 2 aromatic heterocycles. The van der Waals surface area contributed by atoms with Gasteiger partial charge in [0.05, 0.1) is 33.2 Å². The Kier molecular flexibility index (Phi) is 4.94. The zero-order valence-electron chi connectivity index (χ0n) is 25.7. The van der Waals surface area contributed by atoms with E-state index in [-0.39, 0.29) is 0 Å². The van der Waals surface area contributed by atoms with Crippen molar-refractivity contribution in [2.24, 2.45) is 0 Å². The molecular weight excluding hydrogens is 589 g/mol. The number of para-hydroxylation sites is 4. The Hall–Kier alpha value is -5.51. The lowest BCUT2D eigenvalue weighted by Gasteiger charge is -2.45.